The van der Waals surface area contributed by atoms with Crippen LogP contribution < -0.4 is 16.0 Å². The van der Waals surface area contributed by atoms with Gasteiger partial charge in [0.2, 0.25) is 0 Å². The molecule has 0 unspecified atom stereocenters. The molecule has 33 heavy (non-hydrogen) atoms. The normalized spacial score (nSPS) is 11.1. The smallest absolute Gasteiger partial charge is 0.273 e. The molecule has 0 aliphatic rings. The standard InChI is InChI=1S/C24H31N7O2/c1-5-19(32)15-30(3)11-12-31(4)23-18(13-17-8-6-7-16(2)20(17)29-23)14-28-24(33)21-22(25)27-10-9-26-21/h6-10,13H,5,11-12,14-15H2,1-4H3,(H2,25,27)(H,28,33). The van der Waals surface area contributed by atoms with E-state index >= 15 is 0 Å². The van der Waals surface area contributed by atoms with Crippen LogP contribution in [0.15, 0.2) is 36.7 Å². The summed E-state index contributed by atoms with van der Waals surface area (Å²) in [5.41, 5.74) is 8.76. The number of amides is 1. The Morgan fingerprint density at radius 3 is 2.61 bits per heavy atom. The molecule has 0 saturated carbocycles. The van der Waals surface area contributed by atoms with Gasteiger partial charge in [0, 0.05) is 56.4 Å². The van der Waals surface area contributed by atoms with Crippen LogP contribution in [-0.4, -0.2) is 65.3 Å². The maximum Gasteiger partial charge on any atom is 0.273 e. The molecule has 0 saturated heterocycles. The third-order valence-electron chi connectivity index (χ3n) is 5.50. The third-order valence-corrected chi connectivity index (χ3v) is 5.50. The van der Waals surface area contributed by atoms with Gasteiger partial charge in [0.15, 0.2) is 11.5 Å². The number of Topliss-reactive ketones (excluding diaryl/α,β-unsaturated/α-hetero) is 1. The molecule has 9 heteroatoms. The Balaban J connectivity index is 1.83. The van der Waals surface area contributed by atoms with Gasteiger partial charge < -0.3 is 16.0 Å². The second kappa shape index (κ2) is 10.8. The van der Waals surface area contributed by atoms with Crippen LogP contribution in [0, 0.1) is 6.92 Å². The van der Waals surface area contributed by atoms with Crippen molar-refractivity contribution < 1.29 is 9.59 Å². The fourth-order valence-corrected chi connectivity index (χ4v) is 3.54. The van der Waals surface area contributed by atoms with E-state index in [4.69, 9.17) is 10.7 Å². The number of rotatable bonds is 10. The number of carbonyl (C=O) groups is 2. The summed E-state index contributed by atoms with van der Waals surface area (Å²) in [4.78, 5) is 41.3. The number of pyridine rings is 1. The zero-order valence-corrected chi connectivity index (χ0v) is 19.6. The molecule has 2 heterocycles. The van der Waals surface area contributed by atoms with Crippen molar-refractivity contribution >= 4 is 34.2 Å². The highest BCUT2D eigenvalue weighted by Gasteiger charge is 2.17. The van der Waals surface area contributed by atoms with Crippen molar-refractivity contribution in [2.24, 2.45) is 0 Å². The van der Waals surface area contributed by atoms with E-state index in [0.717, 1.165) is 27.8 Å². The molecule has 3 aromatic rings. The van der Waals surface area contributed by atoms with Gasteiger partial charge in [0.1, 0.15) is 11.6 Å². The number of likely N-dealkylation sites (N-methyl/N-ethyl adjacent to an activating group) is 2. The van der Waals surface area contributed by atoms with Gasteiger partial charge in [-0.3, -0.25) is 14.5 Å². The zero-order valence-electron chi connectivity index (χ0n) is 19.6. The van der Waals surface area contributed by atoms with Gasteiger partial charge in [0.05, 0.1) is 12.1 Å². The fourth-order valence-electron chi connectivity index (χ4n) is 3.54. The molecule has 3 N–H and O–H groups in total. The number of aryl methyl sites for hydroxylation is 1. The minimum atomic E-state index is -0.392. The summed E-state index contributed by atoms with van der Waals surface area (Å²) in [5.74, 6) is 0.686. The summed E-state index contributed by atoms with van der Waals surface area (Å²) in [6.07, 6.45) is 3.41. The summed E-state index contributed by atoms with van der Waals surface area (Å²) in [7, 11) is 3.90. The number of nitrogens with one attached hydrogen (secondary N) is 1. The molecule has 174 valence electrons. The molecule has 0 aliphatic carbocycles. The highest BCUT2D eigenvalue weighted by Crippen LogP contribution is 2.25. The van der Waals surface area contributed by atoms with Crippen molar-refractivity contribution in [3.05, 3.63) is 53.5 Å². The lowest BCUT2D eigenvalue weighted by molar-refractivity contribution is -0.119. The van der Waals surface area contributed by atoms with Gasteiger partial charge in [-0.25, -0.2) is 15.0 Å². The summed E-state index contributed by atoms with van der Waals surface area (Å²) in [6.45, 7) is 5.97. The average molecular weight is 450 g/mol. The second-order valence-electron chi connectivity index (χ2n) is 8.14. The molecule has 1 aromatic carbocycles. The van der Waals surface area contributed by atoms with Crippen molar-refractivity contribution in [3.8, 4) is 0 Å². The molecule has 9 nitrogen and oxygen atoms in total. The van der Waals surface area contributed by atoms with Crippen molar-refractivity contribution in [3.63, 3.8) is 0 Å². The summed E-state index contributed by atoms with van der Waals surface area (Å²) >= 11 is 0. The molecule has 0 bridgehead atoms. The number of anilines is 2. The van der Waals surface area contributed by atoms with Crippen LogP contribution in [0.3, 0.4) is 0 Å². The number of aromatic nitrogens is 3. The number of fused-ring (bicyclic) bond motifs is 1. The summed E-state index contributed by atoms with van der Waals surface area (Å²) < 4.78 is 0. The van der Waals surface area contributed by atoms with E-state index < -0.39 is 5.91 Å². The second-order valence-corrected chi connectivity index (χ2v) is 8.14. The van der Waals surface area contributed by atoms with Gasteiger partial charge >= 0.3 is 0 Å². The van der Waals surface area contributed by atoms with Gasteiger partial charge in [-0.1, -0.05) is 25.1 Å². The van der Waals surface area contributed by atoms with E-state index in [2.05, 4.69) is 20.2 Å². The Labute approximate surface area is 194 Å². The minimum Gasteiger partial charge on any atom is -0.382 e. The predicted molar refractivity (Wildman–Crippen MR) is 130 cm³/mol. The van der Waals surface area contributed by atoms with Gasteiger partial charge in [-0.05, 0) is 25.6 Å². The Bertz CT molecular complexity index is 1150. The lowest BCUT2D eigenvalue weighted by Gasteiger charge is -2.25. The molecule has 3 rings (SSSR count). The Kier molecular flexibility index (Phi) is 7.89. The number of nitrogens with two attached hydrogens (primary N) is 1. The maximum absolute atomic E-state index is 12.6. The predicted octanol–water partition coefficient (Wildman–Crippen LogP) is 2.19. The fraction of sp³-hybridized carbons (Fsp3) is 0.375. The van der Waals surface area contributed by atoms with Gasteiger partial charge in [-0.15, -0.1) is 0 Å². The van der Waals surface area contributed by atoms with Gasteiger partial charge in [-0.2, -0.15) is 0 Å². The van der Waals surface area contributed by atoms with Crippen LogP contribution in [0.5, 0.6) is 0 Å². The molecular weight excluding hydrogens is 418 g/mol. The topological polar surface area (TPSA) is 117 Å². The number of ketones is 1. The minimum absolute atomic E-state index is 0.0873. The van der Waals surface area contributed by atoms with Gasteiger partial charge in [0.25, 0.3) is 5.91 Å². The maximum atomic E-state index is 12.6. The lowest BCUT2D eigenvalue weighted by Crippen LogP contribution is -2.35. The van der Waals surface area contributed by atoms with Crippen molar-refractivity contribution in [1.82, 2.24) is 25.2 Å². The summed E-state index contributed by atoms with van der Waals surface area (Å²) in [6, 6.07) is 8.08. The van der Waals surface area contributed by atoms with Crippen LogP contribution >= 0.6 is 0 Å². The van der Waals surface area contributed by atoms with Crippen LogP contribution in [0.2, 0.25) is 0 Å². The monoisotopic (exact) mass is 449 g/mol. The molecule has 0 aliphatic heterocycles. The number of nitrogens with zero attached hydrogens (tertiary/aromatic N) is 5. The third kappa shape index (κ3) is 6.01. The van der Waals surface area contributed by atoms with E-state index in [-0.39, 0.29) is 23.8 Å². The van der Waals surface area contributed by atoms with E-state index in [9.17, 15) is 9.59 Å². The first-order valence-corrected chi connectivity index (χ1v) is 11.0. The number of para-hydroxylation sites is 1. The first kappa shape index (κ1) is 24.1. The van der Waals surface area contributed by atoms with Crippen LogP contribution in [0.25, 0.3) is 10.9 Å². The molecule has 0 atom stereocenters. The van der Waals surface area contributed by atoms with E-state index in [1.165, 1.54) is 12.4 Å². The number of hydrogen-bond acceptors (Lipinski definition) is 8. The molecule has 0 fully saturated rings. The number of benzene rings is 1. The Morgan fingerprint density at radius 2 is 1.88 bits per heavy atom. The van der Waals surface area contributed by atoms with Crippen molar-refractivity contribution in [1.29, 1.82) is 0 Å². The van der Waals surface area contributed by atoms with E-state index in [1.807, 2.05) is 57.1 Å². The molecule has 0 radical (unpaired) electrons. The van der Waals surface area contributed by atoms with Crippen molar-refractivity contribution in [2.45, 2.75) is 26.8 Å². The number of hydrogen-bond donors (Lipinski definition) is 2. The quantitative estimate of drug-likeness (QED) is 0.484. The van der Waals surface area contributed by atoms with E-state index in [1.54, 1.807) is 0 Å². The highest BCUT2D eigenvalue weighted by atomic mass is 16.2. The first-order valence-electron chi connectivity index (χ1n) is 11.0. The lowest BCUT2D eigenvalue weighted by atomic mass is 10.1. The zero-order chi connectivity index (χ0) is 24.0. The SMILES string of the molecule is CCC(=O)CN(C)CCN(C)c1nc2c(C)cccc2cc1CNC(=O)c1nccnc1N. The summed E-state index contributed by atoms with van der Waals surface area (Å²) in [5, 5.41) is 3.89. The van der Waals surface area contributed by atoms with E-state index in [0.29, 0.717) is 26.1 Å². The van der Waals surface area contributed by atoms with Crippen LogP contribution in [0.4, 0.5) is 11.6 Å². The number of carbonyl (C=O) groups excluding carboxylic acids is 2. The highest BCUT2D eigenvalue weighted by molar-refractivity contribution is 5.96. The molecule has 2 aromatic heterocycles. The van der Waals surface area contributed by atoms with Crippen LogP contribution in [0.1, 0.15) is 35.0 Å². The molecule has 0 spiro atoms. The number of nitrogen functional groups attached to an aromatic ring is 1. The first-order chi connectivity index (χ1) is 15.8. The molecule has 1 amide bonds. The Morgan fingerprint density at radius 1 is 1.12 bits per heavy atom. The van der Waals surface area contributed by atoms with Crippen LogP contribution in [-0.2, 0) is 11.3 Å². The molecular formula is C24H31N7O2. The largest absolute Gasteiger partial charge is 0.382 e. The average Bonchev–Trinajstić information content (AvgIpc) is 2.81. The Hall–Kier alpha value is -3.59. The van der Waals surface area contributed by atoms with Crippen molar-refractivity contribution in [2.75, 3.05) is 44.4 Å².